The van der Waals surface area contributed by atoms with Crippen LogP contribution in [0.4, 0.5) is 5.69 Å². The van der Waals surface area contributed by atoms with Crippen molar-refractivity contribution in [3.63, 3.8) is 0 Å². The van der Waals surface area contributed by atoms with Gasteiger partial charge in [0.25, 0.3) is 5.91 Å². The van der Waals surface area contributed by atoms with Crippen LogP contribution in [0.5, 0.6) is 0 Å². The first-order chi connectivity index (χ1) is 14.3. The van der Waals surface area contributed by atoms with Crippen molar-refractivity contribution in [2.45, 2.75) is 18.6 Å². The lowest BCUT2D eigenvalue weighted by molar-refractivity contribution is -0.113. The third-order valence-corrected chi connectivity index (χ3v) is 6.42. The van der Waals surface area contributed by atoms with Gasteiger partial charge in [-0.1, -0.05) is 41.1 Å². The third-order valence-electron chi connectivity index (χ3n) is 4.18. The SMILES string of the molecule is Cc1ccc(C(=O)NCc2nnc(SCC(=O)Nc3ccc(Cl)c(Br)c3)n2C)cc1. The predicted molar refractivity (Wildman–Crippen MR) is 122 cm³/mol. The Hall–Kier alpha value is -2.36. The van der Waals surface area contributed by atoms with Gasteiger partial charge in [0.2, 0.25) is 5.91 Å². The number of nitrogens with one attached hydrogen (secondary N) is 2. The summed E-state index contributed by atoms with van der Waals surface area (Å²) in [6.07, 6.45) is 0. The normalized spacial score (nSPS) is 10.7. The molecule has 156 valence electrons. The highest BCUT2D eigenvalue weighted by molar-refractivity contribution is 9.10. The van der Waals surface area contributed by atoms with Crippen LogP contribution in [0.25, 0.3) is 0 Å². The Bertz CT molecular complexity index is 1070. The third kappa shape index (κ3) is 5.84. The molecular formula is C20H19BrClN5O2S. The Labute approximate surface area is 191 Å². The highest BCUT2D eigenvalue weighted by Gasteiger charge is 2.13. The van der Waals surface area contributed by atoms with Crippen LogP contribution >= 0.6 is 39.3 Å². The van der Waals surface area contributed by atoms with E-state index in [1.165, 1.54) is 11.8 Å². The molecule has 0 atom stereocenters. The molecule has 2 N–H and O–H groups in total. The van der Waals surface area contributed by atoms with Gasteiger partial charge in [0.05, 0.1) is 17.3 Å². The zero-order valence-corrected chi connectivity index (χ0v) is 19.4. The zero-order chi connectivity index (χ0) is 21.7. The van der Waals surface area contributed by atoms with Crippen molar-refractivity contribution < 1.29 is 9.59 Å². The van der Waals surface area contributed by atoms with Crippen LogP contribution in [-0.4, -0.2) is 32.3 Å². The summed E-state index contributed by atoms with van der Waals surface area (Å²) in [6.45, 7) is 2.21. The lowest BCUT2D eigenvalue weighted by atomic mass is 10.1. The molecule has 0 aliphatic carbocycles. The van der Waals surface area contributed by atoms with Gasteiger partial charge in [-0.2, -0.15) is 0 Å². The summed E-state index contributed by atoms with van der Waals surface area (Å²) < 4.78 is 2.46. The van der Waals surface area contributed by atoms with E-state index in [4.69, 9.17) is 11.6 Å². The number of hydrogen-bond acceptors (Lipinski definition) is 5. The van der Waals surface area contributed by atoms with Gasteiger partial charge in [0.15, 0.2) is 11.0 Å². The van der Waals surface area contributed by atoms with Crippen LogP contribution in [0.3, 0.4) is 0 Å². The first-order valence-electron chi connectivity index (χ1n) is 8.94. The van der Waals surface area contributed by atoms with Gasteiger partial charge < -0.3 is 15.2 Å². The number of anilines is 1. The fourth-order valence-corrected chi connectivity index (χ4v) is 3.72. The smallest absolute Gasteiger partial charge is 0.251 e. The van der Waals surface area contributed by atoms with Crippen molar-refractivity contribution in [3.05, 3.63) is 68.9 Å². The second-order valence-corrected chi connectivity index (χ2v) is 8.68. The second-order valence-electron chi connectivity index (χ2n) is 6.47. The molecule has 2 aromatic carbocycles. The molecule has 1 heterocycles. The van der Waals surface area contributed by atoms with Crippen LogP contribution in [0.1, 0.15) is 21.7 Å². The number of carbonyl (C=O) groups excluding carboxylic acids is 2. The fourth-order valence-electron chi connectivity index (χ4n) is 2.49. The highest BCUT2D eigenvalue weighted by atomic mass is 79.9. The number of halogens is 2. The van der Waals surface area contributed by atoms with Crippen molar-refractivity contribution in [1.29, 1.82) is 0 Å². The van der Waals surface area contributed by atoms with Gasteiger partial charge in [0.1, 0.15) is 0 Å². The van der Waals surface area contributed by atoms with Crippen LogP contribution in [-0.2, 0) is 18.4 Å². The van der Waals surface area contributed by atoms with E-state index >= 15 is 0 Å². The molecule has 10 heteroatoms. The van der Waals surface area contributed by atoms with E-state index in [-0.39, 0.29) is 24.1 Å². The predicted octanol–water partition coefficient (Wildman–Crippen LogP) is 4.20. The summed E-state index contributed by atoms with van der Waals surface area (Å²) in [5, 5.41) is 15.0. The van der Waals surface area contributed by atoms with Crippen LogP contribution in [0, 0.1) is 6.92 Å². The molecule has 3 rings (SSSR count). The summed E-state index contributed by atoms with van der Waals surface area (Å²) in [4.78, 5) is 24.4. The number of aromatic nitrogens is 3. The van der Waals surface area contributed by atoms with Crippen molar-refractivity contribution in [2.75, 3.05) is 11.1 Å². The monoisotopic (exact) mass is 507 g/mol. The summed E-state index contributed by atoms with van der Waals surface area (Å²) in [5.41, 5.74) is 2.33. The Balaban J connectivity index is 1.52. The lowest BCUT2D eigenvalue weighted by Gasteiger charge is -2.07. The van der Waals surface area contributed by atoms with Gasteiger partial charge in [-0.05, 0) is 53.2 Å². The molecule has 0 aliphatic rings. The van der Waals surface area contributed by atoms with Crippen LogP contribution in [0.15, 0.2) is 52.1 Å². The van der Waals surface area contributed by atoms with E-state index in [1.54, 1.807) is 41.9 Å². The minimum Gasteiger partial charge on any atom is -0.345 e. The largest absolute Gasteiger partial charge is 0.345 e. The molecule has 0 saturated heterocycles. The lowest BCUT2D eigenvalue weighted by Crippen LogP contribution is -2.24. The molecule has 30 heavy (non-hydrogen) atoms. The first-order valence-corrected chi connectivity index (χ1v) is 11.1. The van der Waals surface area contributed by atoms with Crippen LogP contribution in [0.2, 0.25) is 5.02 Å². The first kappa shape index (κ1) is 22.3. The Kier molecular flexibility index (Phi) is 7.52. The van der Waals surface area contributed by atoms with E-state index in [0.29, 0.717) is 31.7 Å². The van der Waals surface area contributed by atoms with Crippen LogP contribution < -0.4 is 10.6 Å². The number of rotatable bonds is 7. The molecule has 0 spiro atoms. The van der Waals surface area contributed by atoms with E-state index in [0.717, 1.165) is 5.56 Å². The number of carbonyl (C=O) groups is 2. The number of aryl methyl sites for hydroxylation is 1. The van der Waals surface area contributed by atoms with Crippen molar-refractivity contribution >= 4 is 56.8 Å². The molecule has 0 radical (unpaired) electrons. The molecule has 7 nitrogen and oxygen atoms in total. The number of hydrogen-bond donors (Lipinski definition) is 2. The number of amides is 2. The topological polar surface area (TPSA) is 88.9 Å². The van der Waals surface area contributed by atoms with E-state index in [2.05, 4.69) is 36.8 Å². The van der Waals surface area contributed by atoms with Gasteiger partial charge in [-0.25, -0.2) is 0 Å². The molecule has 2 amide bonds. The standard InChI is InChI=1S/C20H19BrClN5O2S/c1-12-3-5-13(6-4-12)19(29)23-10-17-25-26-20(27(17)2)30-11-18(28)24-14-7-8-16(22)15(21)9-14/h3-9H,10-11H2,1-2H3,(H,23,29)(H,24,28). The zero-order valence-electron chi connectivity index (χ0n) is 16.3. The van der Waals surface area contributed by atoms with Gasteiger partial charge >= 0.3 is 0 Å². The fraction of sp³-hybridized carbons (Fsp3) is 0.200. The summed E-state index contributed by atoms with van der Waals surface area (Å²) in [6, 6.07) is 12.5. The van der Waals surface area contributed by atoms with Crippen molar-refractivity contribution in [1.82, 2.24) is 20.1 Å². The average Bonchev–Trinajstić information content (AvgIpc) is 3.07. The Morgan fingerprint density at radius 2 is 1.90 bits per heavy atom. The maximum atomic E-state index is 12.2. The number of benzene rings is 2. The summed E-state index contributed by atoms with van der Waals surface area (Å²) in [7, 11) is 1.80. The molecule has 0 unspecified atom stereocenters. The van der Waals surface area contributed by atoms with Gasteiger partial charge in [-0.15, -0.1) is 10.2 Å². The van der Waals surface area contributed by atoms with E-state index in [9.17, 15) is 9.59 Å². The number of nitrogens with zero attached hydrogens (tertiary/aromatic N) is 3. The van der Waals surface area contributed by atoms with Gasteiger partial charge in [-0.3, -0.25) is 9.59 Å². The van der Waals surface area contributed by atoms with E-state index < -0.39 is 0 Å². The summed E-state index contributed by atoms with van der Waals surface area (Å²) >= 11 is 10.5. The second kappa shape index (κ2) is 10.1. The maximum Gasteiger partial charge on any atom is 0.251 e. The molecule has 0 fully saturated rings. The molecular weight excluding hydrogens is 490 g/mol. The molecule has 3 aromatic rings. The average molecular weight is 509 g/mol. The number of thioether (sulfide) groups is 1. The van der Waals surface area contributed by atoms with E-state index in [1.807, 2.05) is 19.1 Å². The van der Waals surface area contributed by atoms with Crippen molar-refractivity contribution in [3.8, 4) is 0 Å². The Morgan fingerprint density at radius 1 is 1.17 bits per heavy atom. The molecule has 0 bridgehead atoms. The minimum atomic E-state index is -0.180. The quantitative estimate of drug-likeness (QED) is 0.467. The van der Waals surface area contributed by atoms with Crippen molar-refractivity contribution in [2.24, 2.45) is 7.05 Å². The highest BCUT2D eigenvalue weighted by Crippen LogP contribution is 2.25. The molecule has 0 saturated carbocycles. The molecule has 1 aromatic heterocycles. The summed E-state index contributed by atoms with van der Waals surface area (Å²) in [5.74, 6) is 0.411. The maximum absolute atomic E-state index is 12.2. The Morgan fingerprint density at radius 3 is 2.60 bits per heavy atom. The van der Waals surface area contributed by atoms with Gasteiger partial charge in [0, 0.05) is 22.8 Å². The minimum absolute atomic E-state index is 0.169. The molecule has 0 aliphatic heterocycles.